The lowest BCUT2D eigenvalue weighted by atomic mass is 11.8. The molecule has 0 aliphatic rings. The van der Waals surface area contributed by atoms with Gasteiger partial charge in [0.1, 0.15) is 0 Å². The van der Waals surface area contributed by atoms with Crippen LogP contribution in [0.25, 0.3) is 0 Å². The van der Waals surface area contributed by atoms with Crippen molar-refractivity contribution in [3.8, 4) is 0 Å². The third kappa shape index (κ3) is 36.3. The Morgan fingerprint density at radius 3 is 0.533 bits per heavy atom. The first-order chi connectivity index (χ1) is 8.83. The first-order valence-electron chi connectivity index (χ1n) is 7.63. The zero-order valence-corrected chi connectivity index (χ0v) is 21.1. The Morgan fingerprint density at radius 2 is 0.400 bits per heavy atom. The maximum atomic E-state index is 6.39. The second-order valence-electron chi connectivity index (χ2n) is 8.83. The van der Waals surface area contributed by atoms with Crippen molar-refractivity contribution in [3.05, 3.63) is 0 Å². The van der Waals surface area contributed by atoms with Gasteiger partial charge in [0, 0.05) is 0 Å². The summed E-state index contributed by atoms with van der Waals surface area (Å²) in [6.45, 7) is 25.9. The molecule has 30 heavy (non-hydrogen) atoms. The van der Waals surface area contributed by atoms with E-state index in [1.807, 2.05) is 0 Å². The van der Waals surface area contributed by atoms with Crippen LogP contribution in [0.1, 0.15) is 66.8 Å². The average molecular weight is 529 g/mol. The van der Waals surface area contributed by atoms with Gasteiger partial charge >= 0.3 is 25.7 Å². The molecule has 0 rings (SSSR count). The molecule has 0 fully saturated rings. The molecule has 0 amide bonds. The predicted molar refractivity (Wildman–Crippen MR) is 164 cm³/mol. The summed E-state index contributed by atoms with van der Waals surface area (Å²) in [5.41, 5.74) is 0. The molecule has 0 radical (unpaired) electrons. The van der Waals surface area contributed by atoms with Crippen molar-refractivity contribution in [2.75, 3.05) is 0 Å². The van der Waals surface area contributed by atoms with E-state index in [0.717, 1.165) is 0 Å². The van der Waals surface area contributed by atoms with Crippen LogP contribution >= 0.6 is 0 Å². The van der Waals surface area contributed by atoms with E-state index in [9.17, 15) is 0 Å². The molecule has 0 aliphatic carbocycles. The van der Waals surface area contributed by atoms with Gasteiger partial charge in [-0.25, -0.2) is 0 Å². The third-order valence-electron chi connectivity index (χ3n) is 2.09. The van der Waals surface area contributed by atoms with Crippen molar-refractivity contribution in [2.45, 2.75) is 145 Å². The van der Waals surface area contributed by atoms with Crippen LogP contribution in [0.2, 0.25) is 78.6 Å². The van der Waals surface area contributed by atoms with Gasteiger partial charge in [-0.1, -0.05) is 66.8 Å². The Balaban J connectivity index is -0.0000000556. The summed E-state index contributed by atoms with van der Waals surface area (Å²) in [4.78, 5) is 0. The minimum Gasteiger partial charge on any atom is -0.437 e. The molecular formula is C21H72O4Si5. The van der Waals surface area contributed by atoms with E-state index >= 15 is 0 Å². The Morgan fingerprint density at radius 1 is 0.267 bits per heavy atom. The highest BCUT2D eigenvalue weighted by Crippen LogP contribution is 2.25. The van der Waals surface area contributed by atoms with E-state index in [1.54, 1.807) is 0 Å². The molecule has 0 bridgehead atoms. The van der Waals surface area contributed by atoms with Gasteiger partial charge in [0.05, 0.1) is 0 Å². The summed E-state index contributed by atoms with van der Waals surface area (Å²) in [7, 11) is -9.77. The van der Waals surface area contributed by atoms with Crippen molar-refractivity contribution in [1.29, 1.82) is 0 Å². The Labute approximate surface area is 203 Å². The Hall–Kier alpha value is 0.924. The summed E-state index contributed by atoms with van der Waals surface area (Å²) in [5.74, 6) is 0. The van der Waals surface area contributed by atoms with Crippen molar-refractivity contribution in [3.63, 3.8) is 0 Å². The molecular weight excluding hydrogens is 457 g/mol. The van der Waals surface area contributed by atoms with Crippen molar-refractivity contribution >= 4 is 42.3 Å². The summed E-state index contributed by atoms with van der Waals surface area (Å²) >= 11 is 0. The van der Waals surface area contributed by atoms with Crippen LogP contribution in [0.3, 0.4) is 0 Å². The van der Waals surface area contributed by atoms with Gasteiger partial charge in [0.2, 0.25) is 0 Å². The van der Waals surface area contributed by atoms with Gasteiger partial charge < -0.3 is 16.5 Å². The maximum absolute atomic E-state index is 6.39. The molecule has 0 aliphatic heterocycles. The van der Waals surface area contributed by atoms with Gasteiger partial charge in [-0.3, -0.25) is 0 Å². The van der Waals surface area contributed by atoms with Gasteiger partial charge in [0.15, 0.2) is 16.6 Å². The Kier molecular flexibility index (Phi) is 43.3. The minimum atomic E-state index is -2.26. The molecule has 0 unspecified atom stereocenters. The molecule has 0 aromatic rings. The second kappa shape index (κ2) is 20.5. The van der Waals surface area contributed by atoms with Crippen LogP contribution in [0, 0.1) is 0 Å². The molecule has 0 heterocycles. The third-order valence-corrected chi connectivity index (χ3v) is 18.8. The molecule has 0 aromatic heterocycles. The summed E-state index contributed by atoms with van der Waals surface area (Å²) in [6, 6.07) is 0. The minimum absolute atomic E-state index is 0. The van der Waals surface area contributed by atoms with Crippen LogP contribution in [0.4, 0.5) is 0 Å². The maximum Gasteiger partial charge on any atom is 0.314 e. The van der Waals surface area contributed by atoms with Crippen molar-refractivity contribution in [2.24, 2.45) is 0 Å². The summed E-state index contributed by atoms with van der Waals surface area (Å²) in [5, 5.41) is 0. The van der Waals surface area contributed by atoms with Crippen molar-refractivity contribution < 1.29 is 16.5 Å². The zero-order chi connectivity index (χ0) is 17.3. The molecule has 0 saturated heterocycles. The molecule has 0 saturated carbocycles. The fraction of sp³-hybridized carbons (Fsp3) is 1.00. The number of rotatable bonds is 8. The highest BCUT2D eigenvalue weighted by molar-refractivity contribution is 6.90. The van der Waals surface area contributed by atoms with Crippen LogP contribution in [0.15, 0.2) is 0 Å². The average Bonchev–Trinajstić information content (AvgIpc) is 1.83. The summed E-state index contributed by atoms with van der Waals surface area (Å²) in [6.07, 6.45) is 0. The van der Waals surface area contributed by atoms with E-state index < -0.39 is 42.3 Å². The predicted octanol–water partition coefficient (Wildman–Crippen LogP) is 10.6. The molecule has 0 N–H and O–H groups in total. The smallest absolute Gasteiger partial charge is 0.314 e. The second-order valence-corrected chi connectivity index (χ2v) is 28.9. The van der Waals surface area contributed by atoms with E-state index in [-0.39, 0.29) is 66.8 Å². The number of hydrogen-bond donors (Lipinski definition) is 0. The van der Waals surface area contributed by atoms with E-state index in [0.29, 0.717) is 0 Å². The molecule has 0 spiro atoms. The van der Waals surface area contributed by atoms with E-state index in [1.165, 1.54) is 0 Å². The van der Waals surface area contributed by atoms with Crippen LogP contribution in [0.5, 0.6) is 0 Å². The van der Waals surface area contributed by atoms with Crippen molar-refractivity contribution in [1.82, 2.24) is 0 Å². The van der Waals surface area contributed by atoms with Crippen LogP contribution < -0.4 is 0 Å². The first kappa shape index (κ1) is 63.2. The number of hydrogen-bond acceptors (Lipinski definition) is 4. The quantitative estimate of drug-likeness (QED) is 0.293. The van der Waals surface area contributed by atoms with E-state index in [2.05, 4.69) is 78.6 Å². The standard InChI is InChI=1S/C12H36O4Si5.9CH4/c1-17(2,3)13-19(7,8)15-21(11,12)16-20(9,10)14-18(4,5)6;;;;;;;;;/h1-12H3;9*1H4. The molecule has 200 valence electrons. The van der Waals surface area contributed by atoms with Crippen LogP contribution in [-0.4, -0.2) is 42.3 Å². The lowest BCUT2D eigenvalue weighted by Gasteiger charge is -2.41. The molecule has 0 atom stereocenters. The summed E-state index contributed by atoms with van der Waals surface area (Å²) < 4.78 is 25.3. The highest BCUT2D eigenvalue weighted by atomic mass is 28.5. The van der Waals surface area contributed by atoms with Gasteiger partial charge in [-0.05, 0) is 78.6 Å². The molecule has 4 nitrogen and oxygen atoms in total. The van der Waals surface area contributed by atoms with Gasteiger partial charge in [-0.15, -0.1) is 0 Å². The molecule has 9 heteroatoms. The SMILES string of the molecule is C.C.C.C.C.C.C.C.C.C[Si](C)(C)O[Si](C)(C)O[Si](C)(C)O[Si](C)(C)O[Si](C)(C)C. The topological polar surface area (TPSA) is 36.9 Å². The Bertz CT molecular complexity index is 318. The van der Waals surface area contributed by atoms with Gasteiger partial charge in [0.25, 0.3) is 0 Å². The highest BCUT2D eigenvalue weighted by Gasteiger charge is 2.44. The fourth-order valence-electron chi connectivity index (χ4n) is 2.72. The first-order valence-corrected chi connectivity index (χ1v) is 22.9. The lowest BCUT2D eigenvalue weighted by Crippen LogP contribution is -2.58. The van der Waals surface area contributed by atoms with Crippen LogP contribution in [-0.2, 0) is 16.5 Å². The van der Waals surface area contributed by atoms with E-state index in [4.69, 9.17) is 16.5 Å². The van der Waals surface area contributed by atoms with Gasteiger partial charge in [-0.2, -0.15) is 0 Å². The zero-order valence-electron chi connectivity index (χ0n) is 16.1. The lowest BCUT2D eigenvalue weighted by molar-refractivity contribution is 0.300. The fourth-order valence-corrected chi connectivity index (χ4v) is 25.6. The normalized spacial score (nSPS) is 10.8. The monoisotopic (exact) mass is 528 g/mol. The molecule has 0 aromatic carbocycles. The largest absolute Gasteiger partial charge is 0.437 e.